The van der Waals surface area contributed by atoms with Crippen LogP contribution >= 0.6 is 0 Å². The van der Waals surface area contributed by atoms with Crippen molar-refractivity contribution in [2.75, 3.05) is 0 Å². The molecule has 0 radical (unpaired) electrons. The van der Waals surface area contributed by atoms with Crippen LogP contribution in [0.2, 0.25) is 0 Å². The molecule has 4 aromatic rings. The van der Waals surface area contributed by atoms with E-state index < -0.39 is 11.5 Å². The fourth-order valence-corrected chi connectivity index (χ4v) is 3.00. The molecule has 0 unspecified atom stereocenters. The van der Waals surface area contributed by atoms with Gasteiger partial charge in [0.1, 0.15) is 0 Å². The number of carboxylic acid groups (broad SMARTS) is 1. The zero-order chi connectivity index (χ0) is 16.0. The lowest BCUT2D eigenvalue weighted by Crippen LogP contribution is -2.15. The first-order valence-corrected chi connectivity index (χ1v) is 7.11. The van der Waals surface area contributed by atoms with Gasteiger partial charge in [0.05, 0.1) is 11.1 Å². The Bertz CT molecular complexity index is 1120. The van der Waals surface area contributed by atoms with Gasteiger partial charge in [-0.25, -0.2) is 4.79 Å². The van der Waals surface area contributed by atoms with Crippen LogP contribution in [0, 0.1) is 0 Å². The van der Waals surface area contributed by atoms with Crippen molar-refractivity contribution >= 4 is 27.8 Å². The molecule has 0 amide bonds. The summed E-state index contributed by atoms with van der Waals surface area (Å²) in [6.45, 7) is 0. The molecule has 0 saturated carbocycles. The Morgan fingerprint density at radius 1 is 0.913 bits per heavy atom. The van der Waals surface area contributed by atoms with Crippen molar-refractivity contribution in [3.05, 3.63) is 70.6 Å². The SMILES string of the molecule is O=C(O)c1c(-c2c[nH]c3ccccc23)c(=O)[nH]c2ccccc12. The number of H-pyrrole nitrogens is 2. The average Bonchev–Trinajstić information content (AvgIpc) is 2.97. The van der Waals surface area contributed by atoms with Crippen molar-refractivity contribution in [2.45, 2.75) is 0 Å². The molecule has 2 aromatic heterocycles. The Morgan fingerprint density at radius 3 is 2.30 bits per heavy atom. The highest BCUT2D eigenvalue weighted by atomic mass is 16.4. The maximum absolute atomic E-state index is 12.6. The molecular formula is C18H12N2O3. The van der Waals surface area contributed by atoms with Crippen LogP contribution in [0.15, 0.2) is 59.5 Å². The normalized spacial score (nSPS) is 11.1. The van der Waals surface area contributed by atoms with Gasteiger partial charge in [0.25, 0.3) is 5.56 Å². The van der Waals surface area contributed by atoms with Gasteiger partial charge in [0.15, 0.2) is 0 Å². The summed E-state index contributed by atoms with van der Waals surface area (Å²) in [4.78, 5) is 30.3. The molecule has 5 heteroatoms. The lowest BCUT2D eigenvalue weighted by atomic mass is 9.97. The summed E-state index contributed by atoms with van der Waals surface area (Å²) in [6.07, 6.45) is 1.68. The minimum Gasteiger partial charge on any atom is -0.478 e. The molecule has 0 aliphatic rings. The summed E-state index contributed by atoms with van der Waals surface area (Å²) in [6, 6.07) is 14.4. The first kappa shape index (κ1) is 13.3. The van der Waals surface area contributed by atoms with E-state index in [2.05, 4.69) is 9.97 Å². The second-order valence-electron chi connectivity index (χ2n) is 5.30. The number of carbonyl (C=O) groups is 1. The van der Waals surface area contributed by atoms with Crippen LogP contribution in [0.25, 0.3) is 32.9 Å². The van der Waals surface area contributed by atoms with Crippen LogP contribution in [0.5, 0.6) is 0 Å². The summed E-state index contributed by atoms with van der Waals surface area (Å²) in [5.74, 6) is -1.12. The molecular weight excluding hydrogens is 292 g/mol. The molecule has 0 aliphatic carbocycles. The predicted octanol–water partition coefficient (Wildman–Crippen LogP) is 3.37. The number of hydrogen-bond donors (Lipinski definition) is 3. The first-order chi connectivity index (χ1) is 11.2. The van der Waals surface area contributed by atoms with Crippen molar-refractivity contribution in [2.24, 2.45) is 0 Å². The third-order valence-electron chi connectivity index (χ3n) is 3.99. The van der Waals surface area contributed by atoms with Crippen molar-refractivity contribution in [3.8, 4) is 11.1 Å². The summed E-state index contributed by atoms with van der Waals surface area (Å²) in [5.41, 5.74) is 1.74. The van der Waals surface area contributed by atoms with Gasteiger partial charge in [0.2, 0.25) is 0 Å². The number of hydrogen-bond acceptors (Lipinski definition) is 2. The highest BCUT2D eigenvalue weighted by Crippen LogP contribution is 2.31. The van der Waals surface area contributed by atoms with Crippen molar-refractivity contribution in [1.29, 1.82) is 0 Å². The topological polar surface area (TPSA) is 85.9 Å². The zero-order valence-corrected chi connectivity index (χ0v) is 12.0. The van der Waals surface area contributed by atoms with E-state index in [1.807, 2.05) is 24.3 Å². The quantitative estimate of drug-likeness (QED) is 0.530. The van der Waals surface area contributed by atoms with Crippen LogP contribution in [-0.2, 0) is 0 Å². The lowest BCUT2D eigenvalue weighted by molar-refractivity contribution is 0.0699. The molecule has 0 aliphatic heterocycles. The molecule has 4 rings (SSSR count). The second kappa shape index (κ2) is 4.84. The first-order valence-electron chi connectivity index (χ1n) is 7.11. The summed E-state index contributed by atoms with van der Waals surface area (Å²) >= 11 is 0. The van der Waals surface area contributed by atoms with Gasteiger partial charge < -0.3 is 15.1 Å². The van der Waals surface area contributed by atoms with E-state index in [-0.39, 0.29) is 11.1 Å². The third kappa shape index (κ3) is 1.94. The minimum absolute atomic E-state index is 0.0223. The van der Waals surface area contributed by atoms with Gasteiger partial charge >= 0.3 is 5.97 Å². The lowest BCUT2D eigenvalue weighted by Gasteiger charge is -2.08. The smallest absolute Gasteiger partial charge is 0.337 e. The molecule has 0 atom stereocenters. The number of fused-ring (bicyclic) bond motifs is 2. The standard InChI is InChI=1S/C18H12N2O3/c21-17-15(12-9-19-13-7-3-1-5-10(12)13)16(18(22)23)11-6-2-4-8-14(11)20-17/h1-9,19H,(H,20,21)(H,22,23). The highest BCUT2D eigenvalue weighted by Gasteiger charge is 2.21. The monoisotopic (exact) mass is 304 g/mol. The average molecular weight is 304 g/mol. The van der Waals surface area contributed by atoms with Crippen molar-refractivity contribution in [1.82, 2.24) is 9.97 Å². The molecule has 112 valence electrons. The fourth-order valence-electron chi connectivity index (χ4n) is 3.00. The van der Waals surface area contributed by atoms with Gasteiger partial charge in [-0.2, -0.15) is 0 Å². The Kier molecular flexibility index (Phi) is 2.81. The Hall–Kier alpha value is -3.34. The van der Waals surface area contributed by atoms with Crippen LogP contribution in [-0.4, -0.2) is 21.0 Å². The number of pyridine rings is 1. The van der Waals surface area contributed by atoms with Crippen LogP contribution in [0.1, 0.15) is 10.4 Å². The molecule has 0 spiro atoms. The number of nitrogens with one attached hydrogen (secondary N) is 2. The number of para-hydroxylation sites is 2. The summed E-state index contributed by atoms with van der Waals surface area (Å²) in [7, 11) is 0. The third-order valence-corrected chi connectivity index (χ3v) is 3.99. The van der Waals surface area contributed by atoms with Gasteiger partial charge in [-0.05, 0) is 12.1 Å². The van der Waals surface area contributed by atoms with Crippen molar-refractivity contribution < 1.29 is 9.90 Å². The maximum Gasteiger partial charge on any atom is 0.337 e. The van der Waals surface area contributed by atoms with E-state index in [9.17, 15) is 14.7 Å². The number of aromatic nitrogens is 2. The van der Waals surface area contributed by atoms with E-state index >= 15 is 0 Å². The molecule has 2 aromatic carbocycles. The Morgan fingerprint density at radius 2 is 1.57 bits per heavy atom. The Balaban J connectivity index is 2.19. The molecule has 3 N–H and O–H groups in total. The van der Waals surface area contributed by atoms with Gasteiger partial charge in [0, 0.05) is 33.6 Å². The molecule has 0 fully saturated rings. The fraction of sp³-hybridized carbons (Fsp3) is 0. The Labute approximate surface area is 130 Å². The van der Waals surface area contributed by atoms with Gasteiger partial charge in [-0.15, -0.1) is 0 Å². The number of aromatic carboxylic acids is 1. The molecule has 0 bridgehead atoms. The van der Waals surface area contributed by atoms with E-state index in [1.54, 1.807) is 30.5 Å². The zero-order valence-electron chi connectivity index (χ0n) is 12.0. The van der Waals surface area contributed by atoms with E-state index in [0.29, 0.717) is 16.5 Å². The second-order valence-corrected chi connectivity index (χ2v) is 5.30. The maximum atomic E-state index is 12.6. The number of rotatable bonds is 2. The number of aromatic amines is 2. The highest BCUT2D eigenvalue weighted by molar-refractivity contribution is 6.11. The van der Waals surface area contributed by atoms with Gasteiger partial charge in [-0.1, -0.05) is 36.4 Å². The van der Waals surface area contributed by atoms with E-state index in [1.165, 1.54) is 0 Å². The molecule has 5 nitrogen and oxygen atoms in total. The van der Waals surface area contributed by atoms with Crippen LogP contribution in [0.3, 0.4) is 0 Å². The van der Waals surface area contributed by atoms with Crippen molar-refractivity contribution in [3.63, 3.8) is 0 Å². The molecule has 23 heavy (non-hydrogen) atoms. The van der Waals surface area contributed by atoms with Crippen LogP contribution in [0.4, 0.5) is 0 Å². The van der Waals surface area contributed by atoms with Crippen LogP contribution < -0.4 is 5.56 Å². The van der Waals surface area contributed by atoms with Gasteiger partial charge in [-0.3, -0.25) is 4.79 Å². The van der Waals surface area contributed by atoms with E-state index in [0.717, 1.165) is 10.9 Å². The number of carboxylic acids is 1. The summed E-state index contributed by atoms with van der Waals surface area (Å²) in [5, 5.41) is 11.0. The molecule has 2 heterocycles. The largest absolute Gasteiger partial charge is 0.478 e. The number of benzene rings is 2. The molecule has 0 saturated heterocycles. The van der Waals surface area contributed by atoms with E-state index in [4.69, 9.17) is 0 Å². The minimum atomic E-state index is -1.12. The summed E-state index contributed by atoms with van der Waals surface area (Å²) < 4.78 is 0. The predicted molar refractivity (Wildman–Crippen MR) is 88.8 cm³/mol.